The molecule has 2 N–H and O–H groups in total. The molecule has 0 atom stereocenters. The number of halogens is 1. The van der Waals surface area contributed by atoms with Crippen LogP contribution in [0.4, 0.5) is 5.69 Å². The maximum atomic E-state index is 12.6. The van der Waals surface area contributed by atoms with Crippen molar-refractivity contribution < 1.29 is 4.79 Å². The van der Waals surface area contributed by atoms with Crippen molar-refractivity contribution in [3.8, 4) is 0 Å². The molecule has 0 heterocycles. The van der Waals surface area contributed by atoms with Gasteiger partial charge in [-0.25, -0.2) is 0 Å². The smallest absolute Gasteiger partial charge is 0.253 e. The van der Waals surface area contributed by atoms with Crippen molar-refractivity contribution in [3.63, 3.8) is 0 Å². The minimum atomic E-state index is 0.00671. The molecule has 0 aromatic heterocycles. The van der Waals surface area contributed by atoms with E-state index in [0.29, 0.717) is 28.5 Å². The number of carbonyl (C=O) groups excluding carboxylic acids is 1. The highest BCUT2D eigenvalue weighted by Crippen LogP contribution is 2.44. The van der Waals surface area contributed by atoms with E-state index in [0.717, 1.165) is 12.2 Å². The monoisotopic (exact) mass is 292 g/mol. The average molecular weight is 293 g/mol. The third-order valence-corrected chi connectivity index (χ3v) is 4.39. The number of nitrogens with one attached hydrogen (secondary N) is 2. The molecule has 2 aliphatic carbocycles. The summed E-state index contributed by atoms with van der Waals surface area (Å²) in [5.41, 5.74) is 1.52. The normalized spacial score (nSPS) is 18.1. The molecule has 1 aromatic rings. The van der Waals surface area contributed by atoms with Gasteiger partial charge < -0.3 is 10.6 Å². The molecule has 20 heavy (non-hydrogen) atoms. The van der Waals surface area contributed by atoms with Crippen LogP contribution in [0.25, 0.3) is 0 Å². The Hall–Kier alpha value is -1.22. The van der Waals surface area contributed by atoms with Gasteiger partial charge in [-0.1, -0.05) is 11.6 Å². The Morgan fingerprint density at radius 1 is 1.30 bits per heavy atom. The highest BCUT2D eigenvalue weighted by atomic mass is 35.5. The quantitative estimate of drug-likeness (QED) is 0.839. The van der Waals surface area contributed by atoms with Crippen molar-refractivity contribution >= 4 is 23.2 Å². The van der Waals surface area contributed by atoms with Crippen LogP contribution in [0.5, 0.6) is 0 Å². The van der Waals surface area contributed by atoms with Gasteiger partial charge in [0, 0.05) is 23.3 Å². The first-order valence-electron chi connectivity index (χ1n) is 7.53. The third-order valence-electron chi connectivity index (χ3n) is 4.15. The topological polar surface area (TPSA) is 41.1 Å². The minimum absolute atomic E-state index is 0.00671. The molecular formula is C16H21ClN2O. The number of benzene rings is 1. The molecule has 1 amide bonds. The second-order valence-electron chi connectivity index (χ2n) is 5.89. The molecule has 2 fully saturated rings. The standard InChI is InChI=1S/C16H21ClN2O/c1-2-18-14-8-7-12(17)9-13(14)16(20)19-15(10-3-4-10)11-5-6-11/h7-11,15,18H,2-6H2,1H3,(H,19,20). The van der Waals surface area contributed by atoms with E-state index < -0.39 is 0 Å². The fraction of sp³-hybridized carbons (Fsp3) is 0.562. The lowest BCUT2D eigenvalue weighted by atomic mass is 10.1. The average Bonchev–Trinajstić information content (AvgIpc) is 3.29. The second kappa shape index (κ2) is 5.65. The zero-order valence-electron chi connectivity index (χ0n) is 11.8. The first-order chi connectivity index (χ1) is 9.69. The summed E-state index contributed by atoms with van der Waals surface area (Å²) in [7, 11) is 0. The summed E-state index contributed by atoms with van der Waals surface area (Å²) in [4.78, 5) is 12.6. The molecule has 3 rings (SSSR count). The maximum absolute atomic E-state index is 12.6. The van der Waals surface area contributed by atoms with Gasteiger partial charge in [0.1, 0.15) is 0 Å². The number of hydrogen-bond acceptors (Lipinski definition) is 2. The molecule has 1 aromatic carbocycles. The maximum Gasteiger partial charge on any atom is 0.253 e. The van der Waals surface area contributed by atoms with Crippen LogP contribution in [-0.2, 0) is 0 Å². The fourth-order valence-electron chi connectivity index (χ4n) is 2.81. The van der Waals surface area contributed by atoms with Crippen LogP contribution in [0.2, 0.25) is 5.02 Å². The largest absolute Gasteiger partial charge is 0.385 e. The zero-order chi connectivity index (χ0) is 14.1. The third kappa shape index (κ3) is 3.09. The van der Waals surface area contributed by atoms with Gasteiger partial charge in [-0.2, -0.15) is 0 Å². The number of anilines is 1. The number of amides is 1. The van der Waals surface area contributed by atoms with Crippen LogP contribution in [-0.4, -0.2) is 18.5 Å². The molecule has 0 spiro atoms. The molecular weight excluding hydrogens is 272 g/mol. The molecule has 108 valence electrons. The van der Waals surface area contributed by atoms with Crippen molar-refractivity contribution in [1.29, 1.82) is 0 Å². The Kier molecular flexibility index (Phi) is 3.88. The lowest BCUT2D eigenvalue weighted by molar-refractivity contribution is 0.0927. The van der Waals surface area contributed by atoms with Crippen LogP contribution < -0.4 is 10.6 Å². The lowest BCUT2D eigenvalue weighted by Crippen LogP contribution is -2.38. The van der Waals surface area contributed by atoms with Gasteiger partial charge in [0.2, 0.25) is 0 Å². The Morgan fingerprint density at radius 3 is 2.50 bits per heavy atom. The van der Waals surface area contributed by atoms with Crippen molar-refractivity contribution in [2.75, 3.05) is 11.9 Å². The number of rotatable bonds is 6. The van der Waals surface area contributed by atoms with Crippen LogP contribution >= 0.6 is 11.6 Å². The van der Waals surface area contributed by atoms with E-state index in [1.165, 1.54) is 25.7 Å². The molecule has 3 nitrogen and oxygen atoms in total. The van der Waals surface area contributed by atoms with Crippen molar-refractivity contribution in [3.05, 3.63) is 28.8 Å². The first-order valence-corrected chi connectivity index (χ1v) is 7.91. The Bertz CT molecular complexity index is 497. The van der Waals surface area contributed by atoms with Gasteiger partial charge in [0.05, 0.1) is 5.56 Å². The fourth-order valence-corrected chi connectivity index (χ4v) is 2.98. The van der Waals surface area contributed by atoms with Crippen molar-refractivity contribution in [1.82, 2.24) is 5.32 Å². The predicted octanol–water partition coefficient (Wildman–Crippen LogP) is 3.69. The SMILES string of the molecule is CCNc1ccc(Cl)cc1C(=O)NC(C1CC1)C1CC1. The molecule has 0 radical (unpaired) electrons. The zero-order valence-corrected chi connectivity index (χ0v) is 12.5. The van der Waals surface area contributed by atoms with Crippen molar-refractivity contribution in [2.24, 2.45) is 11.8 Å². The number of hydrogen-bond donors (Lipinski definition) is 2. The molecule has 0 unspecified atom stereocenters. The molecule has 2 saturated carbocycles. The van der Waals surface area contributed by atoms with Crippen LogP contribution in [0, 0.1) is 11.8 Å². The predicted molar refractivity (Wildman–Crippen MR) is 82.3 cm³/mol. The Balaban J connectivity index is 1.76. The Morgan fingerprint density at radius 2 is 1.95 bits per heavy atom. The number of carbonyl (C=O) groups is 1. The summed E-state index contributed by atoms with van der Waals surface area (Å²) >= 11 is 6.04. The van der Waals surface area contributed by atoms with E-state index in [9.17, 15) is 4.79 Å². The van der Waals surface area contributed by atoms with Gasteiger partial charge in [-0.3, -0.25) is 4.79 Å². The Labute approximate surface area is 125 Å². The van der Waals surface area contributed by atoms with Crippen molar-refractivity contribution in [2.45, 2.75) is 38.6 Å². The van der Waals surface area contributed by atoms with E-state index in [4.69, 9.17) is 11.6 Å². The highest BCUT2D eigenvalue weighted by molar-refractivity contribution is 6.31. The van der Waals surface area contributed by atoms with E-state index in [2.05, 4.69) is 10.6 Å². The molecule has 0 bridgehead atoms. The van der Waals surface area contributed by atoms with E-state index in [1.54, 1.807) is 6.07 Å². The van der Waals surface area contributed by atoms with E-state index in [-0.39, 0.29) is 5.91 Å². The summed E-state index contributed by atoms with van der Waals surface area (Å²) in [6, 6.07) is 5.82. The van der Waals surface area contributed by atoms with Crippen LogP contribution in [0.15, 0.2) is 18.2 Å². The lowest BCUT2D eigenvalue weighted by Gasteiger charge is -2.19. The van der Waals surface area contributed by atoms with Gasteiger partial charge >= 0.3 is 0 Å². The molecule has 0 saturated heterocycles. The summed E-state index contributed by atoms with van der Waals surface area (Å²) in [5, 5.41) is 7.08. The highest BCUT2D eigenvalue weighted by Gasteiger charge is 2.42. The van der Waals surface area contributed by atoms with E-state index in [1.807, 2.05) is 19.1 Å². The first kappa shape index (κ1) is 13.7. The van der Waals surface area contributed by atoms with Crippen LogP contribution in [0.3, 0.4) is 0 Å². The molecule has 4 heteroatoms. The van der Waals surface area contributed by atoms with Gasteiger partial charge in [-0.05, 0) is 62.6 Å². The van der Waals surface area contributed by atoms with Crippen LogP contribution in [0.1, 0.15) is 43.0 Å². The summed E-state index contributed by atoms with van der Waals surface area (Å²) in [6.45, 7) is 2.81. The van der Waals surface area contributed by atoms with E-state index >= 15 is 0 Å². The summed E-state index contributed by atoms with van der Waals surface area (Å²) in [5.74, 6) is 1.41. The van der Waals surface area contributed by atoms with Gasteiger partial charge in [0.25, 0.3) is 5.91 Å². The molecule has 0 aliphatic heterocycles. The van der Waals surface area contributed by atoms with Gasteiger partial charge in [0.15, 0.2) is 0 Å². The summed E-state index contributed by atoms with van der Waals surface area (Å²) in [6.07, 6.45) is 5.04. The summed E-state index contributed by atoms with van der Waals surface area (Å²) < 4.78 is 0. The molecule has 2 aliphatic rings. The minimum Gasteiger partial charge on any atom is -0.385 e. The van der Waals surface area contributed by atoms with Gasteiger partial charge in [-0.15, -0.1) is 0 Å². The second-order valence-corrected chi connectivity index (χ2v) is 6.33.